The lowest BCUT2D eigenvalue weighted by Gasteiger charge is -2.23. The Morgan fingerprint density at radius 1 is 1.24 bits per heavy atom. The largest absolute Gasteiger partial charge is 0.378 e. The summed E-state index contributed by atoms with van der Waals surface area (Å²) < 4.78 is 7.70. The van der Waals surface area contributed by atoms with E-state index < -0.39 is 0 Å². The zero-order valence-corrected chi connectivity index (χ0v) is 15.4. The summed E-state index contributed by atoms with van der Waals surface area (Å²) in [4.78, 5) is 19.8. The Morgan fingerprint density at radius 2 is 2.08 bits per heavy atom. The van der Waals surface area contributed by atoms with Crippen LogP contribution in [0.5, 0.6) is 0 Å². The molecule has 0 bridgehead atoms. The highest BCUT2D eigenvalue weighted by Gasteiger charge is 2.35. The fraction of sp³-hybridized carbons (Fsp3) is 0.588. The van der Waals surface area contributed by atoms with Gasteiger partial charge >= 0.3 is 0 Å². The molecule has 2 atom stereocenters. The van der Waals surface area contributed by atoms with Crippen LogP contribution in [0.1, 0.15) is 0 Å². The molecule has 8 nitrogen and oxygen atoms in total. The second kappa shape index (κ2) is 7.79. The molecule has 0 unspecified atom stereocenters. The van der Waals surface area contributed by atoms with E-state index in [1.54, 1.807) is 13.3 Å². The molecule has 2 aromatic heterocycles. The molecule has 0 saturated carbocycles. The van der Waals surface area contributed by atoms with Gasteiger partial charge < -0.3 is 24.0 Å². The molecule has 3 rings (SSSR count). The van der Waals surface area contributed by atoms with Gasteiger partial charge in [0.1, 0.15) is 5.82 Å². The second-order valence-corrected chi connectivity index (χ2v) is 6.65. The van der Waals surface area contributed by atoms with Crippen molar-refractivity contribution in [3.63, 3.8) is 0 Å². The van der Waals surface area contributed by atoms with Crippen LogP contribution >= 0.6 is 0 Å². The van der Waals surface area contributed by atoms with Crippen LogP contribution < -0.4 is 9.80 Å². The van der Waals surface area contributed by atoms with Crippen LogP contribution in [0.15, 0.2) is 31.0 Å². The maximum Gasteiger partial charge on any atom is 0.227 e. The first-order valence-corrected chi connectivity index (χ1v) is 8.52. The van der Waals surface area contributed by atoms with E-state index in [1.807, 2.05) is 36.4 Å². The van der Waals surface area contributed by atoms with Gasteiger partial charge in [-0.2, -0.15) is 4.98 Å². The van der Waals surface area contributed by atoms with Crippen molar-refractivity contribution in [2.75, 3.05) is 57.7 Å². The van der Waals surface area contributed by atoms with E-state index in [4.69, 9.17) is 9.72 Å². The first-order chi connectivity index (χ1) is 12.1. The molecular weight excluding hydrogens is 318 g/mol. The second-order valence-electron chi connectivity index (χ2n) is 6.65. The molecule has 8 heteroatoms. The van der Waals surface area contributed by atoms with Gasteiger partial charge in [-0.25, -0.2) is 9.97 Å². The first kappa shape index (κ1) is 17.6. The van der Waals surface area contributed by atoms with E-state index in [2.05, 4.69) is 38.8 Å². The molecule has 1 saturated heterocycles. The maximum atomic E-state index is 5.65. The van der Waals surface area contributed by atoms with Crippen molar-refractivity contribution in [2.24, 2.45) is 0 Å². The highest BCUT2D eigenvalue weighted by molar-refractivity contribution is 5.45. The van der Waals surface area contributed by atoms with Crippen LogP contribution in [-0.2, 0) is 11.3 Å². The van der Waals surface area contributed by atoms with Crippen molar-refractivity contribution in [3.05, 3.63) is 31.0 Å². The molecule has 1 aliphatic rings. The number of likely N-dealkylation sites (N-methyl/N-ethyl adjacent to an activating group) is 2. The summed E-state index contributed by atoms with van der Waals surface area (Å²) in [6.07, 6.45) is 7.59. The van der Waals surface area contributed by atoms with E-state index in [1.165, 1.54) is 0 Å². The molecule has 1 aliphatic heterocycles. The third-order valence-electron chi connectivity index (χ3n) is 4.75. The van der Waals surface area contributed by atoms with Crippen LogP contribution in [0, 0.1) is 0 Å². The molecule has 3 heterocycles. The summed E-state index contributed by atoms with van der Waals surface area (Å²) >= 11 is 0. The van der Waals surface area contributed by atoms with Crippen LogP contribution in [0.2, 0.25) is 0 Å². The SMILES string of the molecule is CO[C@@H]1CN(c2ccnc(N(C)CCn3ccnc3)n2)C[C@@H]1N(C)C. The molecule has 1 fully saturated rings. The average Bonchev–Trinajstić information content (AvgIpc) is 3.29. The van der Waals surface area contributed by atoms with Gasteiger partial charge in [-0.3, -0.25) is 0 Å². The van der Waals surface area contributed by atoms with Crippen molar-refractivity contribution in [1.82, 2.24) is 24.4 Å². The number of ether oxygens (including phenoxy) is 1. The van der Waals surface area contributed by atoms with Gasteiger partial charge in [-0.1, -0.05) is 0 Å². The Hall–Kier alpha value is -2.19. The maximum absolute atomic E-state index is 5.65. The monoisotopic (exact) mass is 345 g/mol. The van der Waals surface area contributed by atoms with Crippen LogP contribution in [-0.4, -0.2) is 84.5 Å². The summed E-state index contributed by atoms with van der Waals surface area (Å²) in [5, 5.41) is 0. The predicted molar refractivity (Wildman–Crippen MR) is 98.0 cm³/mol. The van der Waals surface area contributed by atoms with Crippen molar-refractivity contribution < 1.29 is 4.74 Å². The van der Waals surface area contributed by atoms with Crippen molar-refractivity contribution in [1.29, 1.82) is 0 Å². The molecule has 136 valence electrons. The van der Waals surface area contributed by atoms with Gasteiger partial charge in [0.05, 0.1) is 18.5 Å². The quantitative estimate of drug-likeness (QED) is 0.727. The van der Waals surface area contributed by atoms with Crippen molar-refractivity contribution in [2.45, 2.75) is 18.7 Å². The number of anilines is 2. The fourth-order valence-corrected chi connectivity index (χ4v) is 3.16. The minimum absolute atomic E-state index is 0.187. The third-order valence-corrected chi connectivity index (χ3v) is 4.75. The van der Waals surface area contributed by atoms with E-state index in [9.17, 15) is 0 Å². The van der Waals surface area contributed by atoms with Crippen LogP contribution in [0.3, 0.4) is 0 Å². The minimum atomic E-state index is 0.187. The molecule has 25 heavy (non-hydrogen) atoms. The van der Waals surface area contributed by atoms with Gasteiger partial charge in [0.15, 0.2) is 0 Å². The Bertz CT molecular complexity index is 661. The van der Waals surface area contributed by atoms with Gasteiger partial charge in [-0.05, 0) is 20.2 Å². The Labute approximate surface area is 149 Å². The molecule has 2 aromatic rings. The zero-order valence-electron chi connectivity index (χ0n) is 15.4. The topological polar surface area (TPSA) is 62.6 Å². The highest BCUT2D eigenvalue weighted by Crippen LogP contribution is 2.23. The highest BCUT2D eigenvalue weighted by atomic mass is 16.5. The van der Waals surface area contributed by atoms with Gasteiger partial charge in [0.2, 0.25) is 5.95 Å². The lowest BCUT2D eigenvalue weighted by molar-refractivity contribution is 0.0639. The summed E-state index contributed by atoms with van der Waals surface area (Å²) in [6, 6.07) is 2.33. The molecular formula is C17H27N7O. The summed E-state index contributed by atoms with van der Waals surface area (Å²) in [6.45, 7) is 3.42. The number of nitrogens with zero attached hydrogens (tertiary/aromatic N) is 7. The third kappa shape index (κ3) is 4.08. The van der Waals surface area contributed by atoms with E-state index >= 15 is 0 Å². The molecule has 0 N–H and O–H groups in total. The Morgan fingerprint density at radius 3 is 2.72 bits per heavy atom. The lowest BCUT2D eigenvalue weighted by Crippen LogP contribution is -2.39. The van der Waals surface area contributed by atoms with E-state index in [0.717, 1.165) is 37.9 Å². The average molecular weight is 345 g/mol. The van der Waals surface area contributed by atoms with Crippen LogP contribution in [0.4, 0.5) is 11.8 Å². The molecule has 0 spiro atoms. The number of imidazole rings is 1. The molecule has 0 amide bonds. The predicted octanol–water partition coefficient (Wildman–Crippen LogP) is 0.575. The fourth-order valence-electron chi connectivity index (χ4n) is 3.16. The normalized spacial score (nSPS) is 20.4. The Balaban J connectivity index is 1.67. The summed E-state index contributed by atoms with van der Waals surface area (Å²) in [5.74, 6) is 1.69. The molecule has 0 aromatic carbocycles. The smallest absolute Gasteiger partial charge is 0.227 e. The Kier molecular flexibility index (Phi) is 5.50. The van der Waals surface area contributed by atoms with Gasteiger partial charge in [0.25, 0.3) is 0 Å². The zero-order chi connectivity index (χ0) is 17.8. The van der Waals surface area contributed by atoms with Crippen molar-refractivity contribution >= 4 is 11.8 Å². The summed E-state index contributed by atoms with van der Waals surface area (Å²) in [5.41, 5.74) is 0. The van der Waals surface area contributed by atoms with Gasteiger partial charge in [0, 0.05) is 58.9 Å². The standard InChI is InChI=1S/C17H27N7O/c1-21(2)14-11-24(12-15(14)25-4)16-5-6-19-17(20-16)22(3)9-10-23-8-7-18-13-23/h5-8,13-15H,9-12H2,1-4H3/t14-,15+/m0/s1. The number of hydrogen-bond acceptors (Lipinski definition) is 7. The number of rotatable bonds is 7. The van der Waals surface area contributed by atoms with E-state index in [-0.39, 0.29) is 6.10 Å². The molecule has 0 radical (unpaired) electrons. The van der Waals surface area contributed by atoms with Crippen LogP contribution in [0.25, 0.3) is 0 Å². The molecule has 0 aliphatic carbocycles. The minimum Gasteiger partial charge on any atom is -0.378 e. The van der Waals surface area contributed by atoms with Crippen molar-refractivity contribution in [3.8, 4) is 0 Å². The first-order valence-electron chi connectivity index (χ1n) is 8.52. The summed E-state index contributed by atoms with van der Waals surface area (Å²) in [7, 11) is 7.98. The number of hydrogen-bond donors (Lipinski definition) is 0. The lowest BCUT2D eigenvalue weighted by atomic mass is 10.2. The number of methoxy groups -OCH3 is 1. The number of aromatic nitrogens is 4. The van der Waals surface area contributed by atoms with Gasteiger partial charge in [-0.15, -0.1) is 0 Å². The van der Waals surface area contributed by atoms with E-state index in [0.29, 0.717) is 6.04 Å².